The Hall–Kier alpha value is 0.310. The number of halogens is 3. The Balaban J connectivity index is 2.21. The first-order valence-corrected chi connectivity index (χ1v) is 13.6. The topological polar surface area (TPSA) is 0 Å². The Bertz CT molecular complexity index is 575. The molecule has 0 spiro atoms. The summed E-state index contributed by atoms with van der Waals surface area (Å²) in [6, 6.07) is 22.1. The van der Waals surface area contributed by atoms with Gasteiger partial charge in [0.25, 0.3) is 0 Å². The van der Waals surface area contributed by atoms with Gasteiger partial charge < -0.3 is 0 Å². The summed E-state index contributed by atoms with van der Waals surface area (Å²) in [7, 11) is 0. The summed E-state index contributed by atoms with van der Waals surface area (Å²) in [5.74, 6) is 0. The van der Waals surface area contributed by atoms with E-state index in [1.807, 2.05) is 0 Å². The SMILES string of the molecule is BrC1CCP(Br)(c2ccccc2)(c2ccccc2)CC1Br. The van der Waals surface area contributed by atoms with Gasteiger partial charge in [0, 0.05) is 0 Å². The van der Waals surface area contributed by atoms with Crippen LogP contribution in [0.1, 0.15) is 6.42 Å². The van der Waals surface area contributed by atoms with Gasteiger partial charge in [0.05, 0.1) is 0 Å². The number of rotatable bonds is 2. The molecular formula is C17H18Br3P. The number of hydrogen-bond acceptors (Lipinski definition) is 0. The second kappa shape index (κ2) is 6.07. The molecule has 2 aromatic rings. The third-order valence-electron chi connectivity index (χ3n) is 4.51. The van der Waals surface area contributed by atoms with Crippen molar-refractivity contribution in [3.05, 3.63) is 60.7 Å². The maximum absolute atomic E-state index is 4.37. The van der Waals surface area contributed by atoms with Crippen LogP contribution in [0.4, 0.5) is 0 Å². The van der Waals surface area contributed by atoms with Crippen LogP contribution in [0.2, 0.25) is 0 Å². The molecule has 1 aliphatic rings. The van der Waals surface area contributed by atoms with Crippen LogP contribution in [0, 0.1) is 0 Å². The van der Waals surface area contributed by atoms with E-state index in [4.69, 9.17) is 0 Å². The monoisotopic (exact) mass is 490 g/mol. The van der Waals surface area contributed by atoms with Crippen LogP contribution in [0.3, 0.4) is 0 Å². The fraction of sp³-hybridized carbons (Fsp3) is 0.294. The summed E-state index contributed by atoms with van der Waals surface area (Å²) in [6.45, 7) is 0. The van der Waals surface area contributed by atoms with E-state index in [-0.39, 0.29) is 0 Å². The van der Waals surface area contributed by atoms with Gasteiger partial charge in [-0.2, -0.15) is 0 Å². The van der Waals surface area contributed by atoms with Gasteiger partial charge >= 0.3 is 152 Å². The molecule has 1 heterocycles. The summed E-state index contributed by atoms with van der Waals surface area (Å²) in [6.07, 6.45) is 3.54. The predicted molar refractivity (Wildman–Crippen MR) is 108 cm³/mol. The predicted octanol–water partition coefficient (Wildman–Crippen LogP) is 5.43. The van der Waals surface area contributed by atoms with Gasteiger partial charge in [-0.1, -0.05) is 0 Å². The minimum absolute atomic E-state index is 0.490. The standard InChI is InChI=1S/C17H18Br3P/c18-16-11-12-21(20,13-17(16)19,14-7-3-1-4-8-14)15-9-5-2-6-10-15/h1-10,16-17H,11-13H2. The molecule has 2 atom stereocenters. The van der Waals surface area contributed by atoms with Crippen LogP contribution in [0.25, 0.3) is 0 Å². The zero-order valence-electron chi connectivity index (χ0n) is 11.6. The summed E-state index contributed by atoms with van der Waals surface area (Å²) in [4.78, 5) is 1.04. The van der Waals surface area contributed by atoms with Crippen LogP contribution in [0.5, 0.6) is 0 Å². The Morgan fingerprint density at radius 2 is 1.24 bits per heavy atom. The molecular weight excluding hydrogens is 475 g/mol. The van der Waals surface area contributed by atoms with Gasteiger partial charge in [0.15, 0.2) is 0 Å². The van der Waals surface area contributed by atoms with Gasteiger partial charge in [0.2, 0.25) is 0 Å². The summed E-state index contributed by atoms with van der Waals surface area (Å²) >= 11 is 12.1. The molecule has 1 aliphatic heterocycles. The number of benzene rings is 2. The van der Waals surface area contributed by atoms with Crippen LogP contribution in [-0.2, 0) is 0 Å². The van der Waals surface area contributed by atoms with E-state index in [0.717, 1.165) is 6.16 Å². The average molecular weight is 493 g/mol. The average Bonchev–Trinajstić information content (AvgIpc) is 2.54. The molecule has 4 heteroatoms. The van der Waals surface area contributed by atoms with E-state index in [1.54, 1.807) is 0 Å². The molecule has 0 bridgehead atoms. The quantitative estimate of drug-likeness (QED) is 0.387. The van der Waals surface area contributed by atoms with Crippen LogP contribution in [-0.4, -0.2) is 22.0 Å². The van der Waals surface area contributed by atoms with Crippen molar-refractivity contribution in [2.45, 2.75) is 16.1 Å². The van der Waals surface area contributed by atoms with Crippen molar-refractivity contribution >= 4 is 63.3 Å². The molecule has 0 aromatic heterocycles. The third kappa shape index (κ3) is 2.80. The molecule has 0 amide bonds. The molecule has 112 valence electrons. The molecule has 2 aromatic carbocycles. The van der Waals surface area contributed by atoms with Gasteiger partial charge in [-0.3, -0.25) is 0 Å². The van der Waals surface area contributed by atoms with Crippen molar-refractivity contribution < 1.29 is 0 Å². The van der Waals surface area contributed by atoms with Gasteiger partial charge in [-0.05, 0) is 0 Å². The van der Waals surface area contributed by atoms with Crippen molar-refractivity contribution in [2.24, 2.45) is 0 Å². The second-order valence-electron chi connectivity index (χ2n) is 5.77. The van der Waals surface area contributed by atoms with Crippen molar-refractivity contribution in [3.8, 4) is 0 Å². The van der Waals surface area contributed by atoms with Crippen molar-refractivity contribution in [1.82, 2.24) is 0 Å². The Morgan fingerprint density at radius 1 is 0.762 bits per heavy atom. The number of alkyl halides is 2. The summed E-state index contributed by atoms with van der Waals surface area (Å²) < 4.78 is 0. The number of hydrogen-bond donors (Lipinski definition) is 0. The first kappa shape index (κ1) is 16.2. The normalized spacial score (nSPS) is 29.2. The Morgan fingerprint density at radius 3 is 1.67 bits per heavy atom. The van der Waals surface area contributed by atoms with Crippen molar-refractivity contribution in [3.63, 3.8) is 0 Å². The van der Waals surface area contributed by atoms with E-state index in [0.29, 0.717) is 9.65 Å². The first-order valence-electron chi connectivity index (χ1n) is 7.16. The Labute approximate surface area is 151 Å². The molecule has 0 aliphatic carbocycles. The minimum atomic E-state index is -2.30. The van der Waals surface area contributed by atoms with Gasteiger partial charge in [-0.25, -0.2) is 0 Å². The zero-order chi connectivity index (χ0) is 14.9. The van der Waals surface area contributed by atoms with E-state index in [1.165, 1.54) is 23.2 Å². The van der Waals surface area contributed by atoms with E-state index >= 15 is 0 Å². The first-order chi connectivity index (χ1) is 10.0. The second-order valence-corrected chi connectivity index (χ2v) is 17.9. The molecule has 0 radical (unpaired) electrons. The van der Waals surface area contributed by atoms with E-state index < -0.39 is 5.31 Å². The van der Waals surface area contributed by atoms with E-state index in [2.05, 4.69) is 108 Å². The summed E-state index contributed by atoms with van der Waals surface area (Å²) in [5, 5.41) is 0.641. The maximum atomic E-state index is 4.37. The van der Waals surface area contributed by atoms with Crippen LogP contribution >= 0.6 is 52.7 Å². The molecule has 0 saturated carbocycles. The van der Waals surface area contributed by atoms with Crippen molar-refractivity contribution in [2.75, 3.05) is 12.3 Å². The summed E-state index contributed by atoms with van der Waals surface area (Å²) in [5.41, 5.74) is 0. The fourth-order valence-corrected chi connectivity index (χ4v) is 15.6. The van der Waals surface area contributed by atoms with Crippen LogP contribution < -0.4 is 10.6 Å². The molecule has 1 saturated heterocycles. The molecule has 0 N–H and O–H groups in total. The molecule has 0 nitrogen and oxygen atoms in total. The Kier molecular flexibility index (Phi) is 4.68. The van der Waals surface area contributed by atoms with Gasteiger partial charge in [-0.15, -0.1) is 0 Å². The fourth-order valence-electron chi connectivity index (χ4n) is 3.30. The van der Waals surface area contributed by atoms with Crippen LogP contribution in [0.15, 0.2) is 60.7 Å². The van der Waals surface area contributed by atoms with Crippen molar-refractivity contribution in [1.29, 1.82) is 0 Å². The molecule has 21 heavy (non-hydrogen) atoms. The third-order valence-corrected chi connectivity index (χ3v) is 17.5. The van der Waals surface area contributed by atoms with E-state index in [9.17, 15) is 0 Å². The zero-order valence-corrected chi connectivity index (χ0v) is 17.3. The molecule has 3 rings (SSSR count). The van der Waals surface area contributed by atoms with Gasteiger partial charge in [0.1, 0.15) is 0 Å². The molecule has 1 fully saturated rings. The molecule has 2 unspecified atom stereocenters.